The van der Waals surface area contributed by atoms with Gasteiger partial charge in [-0.15, -0.1) is 6.58 Å². The van der Waals surface area contributed by atoms with E-state index in [2.05, 4.69) is 26.9 Å². The van der Waals surface area contributed by atoms with Gasteiger partial charge in [-0.05, 0) is 63.6 Å². The Hall–Kier alpha value is -4.40. The number of nitrogens with one attached hydrogen (secondary N) is 3. The minimum absolute atomic E-state index is 0.0198. The molecule has 15 heteroatoms. The van der Waals surface area contributed by atoms with Crippen LogP contribution in [0.5, 0.6) is 5.75 Å². The Balaban J connectivity index is 1.42. The number of pyridine rings is 1. The number of ether oxygens (including phenoxy) is 2. The number of aryl methyl sites for hydroxylation is 1. The number of aromatic nitrogens is 2. The fraction of sp³-hybridized carbons (Fsp3) is 0.571. The van der Waals surface area contributed by atoms with Gasteiger partial charge in [-0.1, -0.05) is 26.8 Å². The van der Waals surface area contributed by atoms with Crippen molar-refractivity contribution < 1.29 is 37.1 Å². The van der Waals surface area contributed by atoms with Crippen molar-refractivity contribution in [2.24, 2.45) is 18.4 Å². The summed E-state index contributed by atoms with van der Waals surface area (Å²) < 4.78 is 41.2. The van der Waals surface area contributed by atoms with Crippen LogP contribution < -0.4 is 20.1 Å². The Bertz CT molecular complexity index is 1770. The number of carbonyl (C=O) groups excluding carboxylic acids is 4. The van der Waals surface area contributed by atoms with Gasteiger partial charge in [-0.2, -0.15) is 0 Å². The third-order valence-corrected chi connectivity index (χ3v) is 10.9. The first-order valence-corrected chi connectivity index (χ1v) is 18.3. The highest BCUT2D eigenvalue weighted by Gasteiger charge is 2.62. The van der Waals surface area contributed by atoms with Gasteiger partial charge in [0.05, 0.1) is 18.0 Å². The normalized spacial score (nSPS) is 24.1. The van der Waals surface area contributed by atoms with Crippen LogP contribution in [0.15, 0.2) is 49.4 Å². The first-order valence-electron chi connectivity index (χ1n) is 16.8. The van der Waals surface area contributed by atoms with Crippen molar-refractivity contribution in [1.29, 1.82) is 0 Å². The Morgan fingerprint density at radius 2 is 1.82 bits per heavy atom. The number of hydrogen-bond donors (Lipinski definition) is 3. The SMILES string of the molecule is C=C[C@@H]1C[C@]1(NC(=O)[C@@H]1C[C@@H](Oc2cncc(-c3cccn3C)c2)CN1C(=O)[C@@H](NC(=O)OC(C)(C)C)C(C)(C)C)C(=O)NS(=O)(=O)C1CC1. The van der Waals surface area contributed by atoms with E-state index in [0.717, 1.165) is 11.3 Å². The second kappa shape index (κ2) is 13.4. The van der Waals surface area contributed by atoms with Crippen LogP contribution in [-0.4, -0.2) is 87.8 Å². The molecule has 3 fully saturated rings. The lowest BCUT2D eigenvalue weighted by Gasteiger charge is -2.36. The summed E-state index contributed by atoms with van der Waals surface area (Å²) in [6.45, 7) is 14.2. The zero-order valence-electron chi connectivity index (χ0n) is 29.7. The zero-order chi connectivity index (χ0) is 36.8. The molecule has 14 nitrogen and oxygen atoms in total. The van der Waals surface area contributed by atoms with Crippen molar-refractivity contribution in [3.63, 3.8) is 0 Å². The molecule has 2 saturated carbocycles. The Morgan fingerprint density at radius 1 is 1.12 bits per heavy atom. The van der Waals surface area contributed by atoms with E-state index in [4.69, 9.17) is 9.47 Å². The molecule has 1 aliphatic heterocycles. The average Bonchev–Trinajstić information content (AvgIpc) is 3.90. The summed E-state index contributed by atoms with van der Waals surface area (Å²) in [6, 6.07) is 3.45. The molecule has 4 amide bonds. The molecule has 0 spiro atoms. The molecular weight excluding hydrogens is 664 g/mol. The Labute approximate surface area is 293 Å². The molecule has 272 valence electrons. The molecule has 50 heavy (non-hydrogen) atoms. The molecule has 3 heterocycles. The summed E-state index contributed by atoms with van der Waals surface area (Å²) in [6.07, 6.45) is 6.33. The van der Waals surface area contributed by atoms with E-state index in [-0.39, 0.29) is 19.4 Å². The van der Waals surface area contributed by atoms with Crippen molar-refractivity contribution in [2.75, 3.05) is 6.54 Å². The highest BCUT2D eigenvalue weighted by molar-refractivity contribution is 7.91. The summed E-state index contributed by atoms with van der Waals surface area (Å²) in [4.78, 5) is 60.5. The van der Waals surface area contributed by atoms with Crippen molar-refractivity contribution in [3.05, 3.63) is 49.4 Å². The largest absolute Gasteiger partial charge is 0.487 e. The van der Waals surface area contributed by atoms with Crippen LogP contribution in [0, 0.1) is 11.3 Å². The summed E-state index contributed by atoms with van der Waals surface area (Å²) in [5.74, 6) is -2.13. The fourth-order valence-electron chi connectivity index (χ4n) is 6.21. The molecule has 2 aromatic rings. The maximum atomic E-state index is 14.4. The minimum Gasteiger partial charge on any atom is -0.487 e. The van der Waals surface area contributed by atoms with Crippen LogP contribution in [-0.2, 0) is 36.2 Å². The summed E-state index contributed by atoms with van der Waals surface area (Å²) >= 11 is 0. The number of likely N-dealkylation sites (tertiary alicyclic amines) is 1. The third kappa shape index (κ3) is 8.14. The number of alkyl carbamates (subject to hydrolysis) is 1. The predicted molar refractivity (Wildman–Crippen MR) is 185 cm³/mol. The monoisotopic (exact) mass is 712 g/mol. The average molecular weight is 713 g/mol. The first-order chi connectivity index (χ1) is 23.2. The standard InChI is InChI=1S/C35H48N6O8S/c1-9-22-17-35(22,31(44)39-50(46,47)25-12-13-25)38-29(42)27-16-24(48-23-15-21(18-36-19-23)26-11-10-14-40(26)8)20-41(27)30(43)28(33(2,3)4)37-32(45)49-34(5,6)7/h9-11,14-15,18-19,22,24-25,27-28H,1,12-13,16-17,20H2,2-8H3,(H,37,45)(H,38,42)(H,39,44)/t22-,24-,27+,28-,35-/m1/s1. The second-order valence-corrected chi connectivity index (χ2v) is 17.5. The molecule has 5 atom stereocenters. The molecule has 3 N–H and O–H groups in total. The van der Waals surface area contributed by atoms with E-state index in [1.165, 1.54) is 11.0 Å². The van der Waals surface area contributed by atoms with Gasteiger partial charge in [0.25, 0.3) is 5.91 Å². The molecule has 2 aliphatic carbocycles. The van der Waals surface area contributed by atoms with Crippen LogP contribution in [0.2, 0.25) is 0 Å². The molecule has 5 rings (SSSR count). The van der Waals surface area contributed by atoms with Crippen LogP contribution in [0.4, 0.5) is 4.79 Å². The van der Waals surface area contributed by atoms with Gasteiger partial charge in [0.15, 0.2) is 0 Å². The van der Waals surface area contributed by atoms with Gasteiger partial charge < -0.3 is 29.6 Å². The lowest BCUT2D eigenvalue weighted by atomic mass is 9.85. The van der Waals surface area contributed by atoms with Gasteiger partial charge >= 0.3 is 6.09 Å². The molecule has 3 aliphatic rings. The Morgan fingerprint density at radius 3 is 2.38 bits per heavy atom. The molecule has 0 bridgehead atoms. The fourth-order valence-corrected chi connectivity index (χ4v) is 7.57. The molecule has 1 saturated heterocycles. The first kappa shape index (κ1) is 36.9. The predicted octanol–water partition coefficient (Wildman–Crippen LogP) is 3.04. The van der Waals surface area contributed by atoms with E-state index >= 15 is 0 Å². The van der Waals surface area contributed by atoms with Crippen LogP contribution >= 0.6 is 0 Å². The zero-order valence-corrected chi connectivity index (χ0v) is 30.5. The molecular formula is C35H48N6O8S. The van der Waals surface area contributed by atoms with E-state index in [9.17, 15) is 27.6 Å². The molecule has 2 aromatic heterocycles. The van der Waals surface area contributed by atoms with Crippen molar-refractivity contribution in [2.45, 2.75) is 102 Å². The maximum Gasteiger partial charge on any atom is 0.408 e. The van der Waals surface area contributed by atoms with Crippen molar-refractivity contribution in [1.82, 2.24) is 29.8 Å². The summed E-state index contributed by atoms with van der Waals surface area (Å²) in [5, 5.41) is 4.84. The number of hydrogen-bond acceptors (Lipinski definition) is 9. The van der Waals surface area contributed by atoms with E-state index in [1.807, 2.05) is 36.0 Å². The third-order valence-electron chi connectivity index (χ3n) is 9.13. The van der Waals surface area contributed by atoms with Crippen LogP contribution in [0.1, 0.15) is 67.2 Å². The van der Waals surface area contributed by atoms with Crippen molar-refractivity contribution in [3.8, 4) is 17.0 Å². The lowest BCUT2D eigenvalue weighted by Crippen LogP contribution is -2.60. The smallest absolute Gasteiger partial charge is 0.408 e. The van der Waals surface area contributed by atoms with Gasteiger partial charge in [-0.25, -0.2) is 13.2 Å². The topological polar surface area (TPSA) is 178 Å². The maximum absolute atomic E-state index is 14.4. The number of sulfonamides is 1. The minimum atomic E-state index is -3.89. The quantitative estimate of drug-likeness (QED) is 0.296. The van der Waals surface area contributed by atoms with Gasteiger partial charge in [-0.3, -0.25) is 24.1 Å². The van der Waals surface area contributed by atoms with Crippen molar-refractivity contribution >= 4 is 33.8 Å². The van der Waals surface area contributed by atoms with E-state index in [0.29, 0.717) is 18.6 Å². The Kier molecular flexibility index (Phi) is 9.87. The highest BCUT2D eigenvalue weighted by Crippen LogP contribution is 2.45. The van der Waals surface area contributed by atoms with E-state index in [1.54, 1.807) is 53.9 Å². The van der Waals surface area contributed by atoms with Crippen LogP contribution in [0.3, 0.4) is 0 Å². The molecule has 0 aromatic carbocycles. The molecule has 0 radical (unpaired) electrons. The van der Waals surface area contributed by atoms with Gasteiger partial charge in [0.1, 0.15) is 35.1 Å². The van der Waals surface area contributed by atoms with E-state index < -0.39 is 79.7 Å². The highest BCUT2D eigenvalue weighted by atomic mass is 32.2. The summed E-state index contributed by atoms with van der Waals surface area (Å²) in [5.41, 5.74) is -1.44. The van der Waals surface area contributed by atoms with Crippen LogP contribution in [0.25, 0.3) is 11.3 Å². The number of nitrogens with zero attached hydrogens (tertiary/aromatic N) is 3. The number of carbonyl (C=O) groups is 4. The molecule has 0 unspecified atom stereocenters. The number of rotatable bonds is 11. The van der Waals surface area contributed by atoms with Gasteiger partial charge in [0, 0.05) is 43.0 Å². The second-order valence-electron chi connectivity index (χ2n) is 15.5. The lowest BCUT2D eigenvalue weighted by molar-refractivity contribution is -0.143. The summed E-state index contributed by atoms with van der Waals surface area (Å²) in [7, 11) is -1.98. The van der Waals surface area contributed by atoms with Gasteiger partial charge in [0.2, 0.25) is 21.8 Å². The number of amides is 4.